The topological polar surface area (TPSA) is 24.1 Å². The molecule has 0 aromatic heterocycles. The molecule has 3 rings (SSSR count). The Bertz CT molecular complexity index is 527. The first-order valence-corrected chi connectivity index (χ1v) is 8.06. The van der Waals surface area contributed by atoms with Gasteiger partial charge in [0.1, 0.15) is 0 Å². The molecule has 1 aliphatic rings. The summed E-state index contributed by atoms with van der Waals surface area (Å²) in [7, 11) is 0. The molecule has 2 aromatic carbocycles. The third-order valence-corrected chi connectivity index (χ3v) is 4.27. The second-order valence-corrected chi connectivity index (χ2v) is 5.95. The van der Waals surface area contributed by atoms with Gasteiger partial charge in [0.25, 0.3) is 0 Å². The Kier molecular flexibility index (Phi) is 4.78. The Morgan fingerprint density at radius 2 is 1.33 bits per heavy atom. The van der Waals surface area contributed by atoms with Gasteiger partial charge in [-0.2, -0.15) is 0 Å². The van der Waals surface area contributed by atoms with Crippen LogP contribution in [0.4, 0.5) is 17.1 Å². The third-order valence-electron chi connectivity index (χ3n) is 4.27. The van der Waals surface area contributed by atoms with Gasteiger partial charge < -0.3 is 10.6 Å². The van der Waals surface area contributed by atoms with Gasteiger partial charge in [0.05, 0.1) is 0 Å². The van der Waals surface area contributed by atoms with Crippen molar-refractivity contribution < 1.29 is 0 Å². The maximum atomic E-state index is 3.58. The first-order chi connectivity index (χ1) is 10.4. The van der Waals surface area contributed by atoms with Crippen molar-refractivity contribution in [2.24, 2.45) is 5.92 Å². The lowest BCUT2D eigenvalue weighted by Gasteiger charge is -2.22. The normalized spacial score (nSPS) is 15.6. The lowest BCUT2D eigenvalue weighted by atomic mass is 9.89. The number of hydrogen-bond donors (Lipinski definition) is 2. The van der Waals surface area contributed by atoms with E-state index in [-0.39, 0.29) is 0 Å². The van der Waals surface area contributed by atoms with Gasteiger partial charge in [0.15, 0.2) is 0 Å². The van der Waals surface area contributed by atoms with Crippen LogP contribution in [0.3, 0.4) is 0 Å². The first kappa shape index (κ1) is 14.0. The Hall–Kier alpha value is -1.96. The molecule has 0 unspecified atom stereocenters. The summed E-state index contributed by atoms with van der Waals surface area (Å²) in [5, 5.41) is 6.99. The molecule has 0 bridgehead atoms. The number of benzene rings is 2. The van der Waals surface area contributed by atoms with Crippen molar-refractivity contribution in [3.8, 4) is 0 Å². The van der Waals surface area contributed by atoms with E-state index < -0.39 is 0 Å². The molecule has 0 radical (unpaired) electrons. The second-order valence-electron chi connectivity index (χ2n) is 5.95. The Morgan fingerprint density at radius 1 is 0.714 bits per heavy atom. The van der Waals surface area contributed by atoms with Gasteiger partial charge in [0, 0.05) is 23.6 Å². The fourth-order valence-electron chi connectivity index (χ4n) is 3.01. The van der Waals surface area contributed by atoms with Crippen molar-refractivity contribution in [3.63, 3.8) is 0 Å². The molecule has 21 heavy (non-hydrogen) atoms. The number of rotatable bonds is 5. The van der Waals surface area contributed by atoms with Crippen molar-refractivity contribution >= 4 is 17.1 Å². The molecule has 2 N–H and O–H groups in total. The van der Waals surface area contributed by atoms with Crippen molar-refractivity contribution in [2.45, 2.75) is 32.1 Å². The number of hydrogen-bond acceptors (Lipinski definition) is 2. The zero-order valence-corrected chi connectivity index (χ0v) is 12.5. The second kappa shape index (κ2) is 7.16. The van der Waals surface area contributed by atoms with E-state index in [1.165, 1.54) is 37.8 Å². The van der Waals surface area contributed by atoms with E-state index in [9.17, 15) is 0 Å². The van der Waals surface area contributed by atoms with Gasteiger partial charge in [-0.05, 0) is 55.2 Å². The molecule has 0 saturated heterocycles. The average molecular weight is 280 g/mol. The summed E-state index contributed by atoms with van der Waals surface area (Å²) in [6.45, 7) is 1.12. The van der Waals surface area contributed by atoms with Crippen molar-refractivity contribution in [3.05, 3.63) is 54.6 Å². The van der Waals surface area contributed by atoms with E-state index in [1.54, 1.807) is 0 Å². The molecule has 0 amide bonds. The van der Waals surface area contributed by atoms with E-state index in [0.29, 0.717) is 0 Å². The maximum absolute atomic E-state index is 3.58. The fraction of sp³-hybridized carbons (Fsp3) is 0.368. The fourth-order valence-corrected chi connectivity index (χ4v) is 3.01. The van der Waals surface area contributed by atoms with Gasteiger partial charge in [-0.25, -0.2) is 0 Å². The monoisotopic (exact) mass is 280 g/mol. The first-order valence-electron chi connectivity index (χ1n) is 8.06. The van der Waals surface area contributed by atoms with Gasteiger partial charge in [-0.15, -0.1) is 0 Å². The minimum Gasteiger partial charge on any atom is -0.385 e. The van der Waals surface area contributed by atoms with Crippen LogP contribution in [0.15, 0.2) is 54.6 Å². The van der Waals surface area contributed by atoms with E-state index in [0.717, 1.165) is 23.8 Å². The van der Waals surface area contributed by atoms with Crippen LogP contribution in [0.25, 0.3) is 0 Å². The zero-order valence-electron chi connectivity index (χ0n) is 12.5. The van der Waals surface area contributed by atoms with Crippen LogP contribution in [-0.2, 0) is 0 Å². The lowest BCUT2D eigenvalue weighted by molar-refractivity contribution is 0.373. The van der Waals surface area contributed by atoms with Crippen molar-refractivity contribution in [1.29, 1.82) is 0 Å². The maximum Gasteiger partial charge on any atom is 0.0385 e. The van der Waals surface area contributed by atoms with Crippen molar-refractivity contribution in [2.75, 3.05) is 17.2 Å². The summed E-state index contributed by atoms with van der Waals surface area (Å²) in [5.41, 5.74) is 3.48. The SMILES string of the molecule is c1ccc(Nc2ccc(NCC3CCCCC3)cc2)cc1. The highest BCUT2D eigenvalue weighted by Crippen LogP contribution is 2.24. The molecule has 0 heterocycles. The molecule has 0 atom stereocenters. The Morgan fingerprint density at radius 3 is 2.05 bits per heavy atom. The quantitative estimate of drug-likeness (QED) is 0.764. The van der Waals surface area contributed by atoms with Crippen LogP contribution in [-0.4, -0.2) is 6.54 Å². The smallest absolute Gasteiger partial charge is 0.0385 e. The predicted molar refractivity (Wildman–Crippen MR) is 91.2 cm³/mol. The molecule has 2 nitrogen and oxygen atoms in total. The summed E-state index contributed by atoms with van der Waals surface area (Å²) in [5.74, 6) is 0.862. The lowest BCUT2D eigenvalue weighted by Crippen LogP contribution is -2.16. The van der Waals surface area contributed by atoms with Gasteiger partial charge in [-0.3, -0.25) is 0 Å². The van der Waals surface area contributed by atoms with Crippen molar-refractivity contribution in [1.82, 2.24) is 0 Å². The molecule has 0 spiro atoms. The molecule has 1 fully saturated rings. The van der Waals surface area contributed by atoms with E-state index >= 15 is 0 Å². The van der Waals surface area contributed by atoms with Gasteiger partial charge >= 0.3 is 0 Å². The Labute approximate surface area is 127 Å². The zero-order chi connectivity index (χ0) is 14.3. The van der Waals surface area contributed by atoms with Crippen LogP contribution in [0, 0.1) is 5.92 Å². The molecule has 2 heteroatoms. The molecule has 110 valence electrons. The standard InChI is InChI=1S/C19H24N2/c1-3-7-16(8-4-1)15-20-17-11-13-19(14-12-17)21-18-9-5-2-6-10-18/h2,5-6,9-14,16,20-21H,1,3-4,7-8,15H2. The van der Waals surface area contributed by atoms with E-state index in [4.69, 9.17) is 0 Å². The molecule has 2 aromatic rings. The summed E-state index contributed by atoms with van der Waals surface area (Å²) in [4.78, 5) is 0. The molecular formula is C19H24N2. The highest BCUT2D eigenvalue weighted by Gasteiger charge is 2.12. The number of para-hydroxylation sites is 1. The molecular weight excluding hydrogens is 256 g/mol. The average Bonchev–Trinajstić information content (AvgIpc) is 2.56. The number of nitrogens with one attached hydrogen (secondary N) is 2. The summed E-state index contributed by atoms with van der Waals surface area (Å²) < 4.78 is 0. The van der Waals surface area contributed by atoms with Gasteiger partial charge in [0.2, 0.25) is 0 Å². The molecule has 0 aliphatic heterocycles. The highest BCUT2D eigenvalue weighted by atomic mass is 14.9. The Balaban J connectivity index is 1.51. The summed E-state index contributed by atoms with van der Waals surface area (Å²) in [6.07, 6.45) is 7.02. The van der Waals surface area contributed by atoms with Crippen LogP contribution in [0.5, 0.6) is 0 Å². The van der Waals surface area contributed by atoms with E-state index in [2.05, 4.69) is 47.0 Å². The predicted octanol–water partition coefficient (Wildman–Crippen LogP) is 5.42. The minimum absolute atomic E-state index is 0.862. The minimum atomic E-state index is 0.862. The van der Waals surface area contributed by atoms with Crippen LogP contribution < -0.4 is 10.6 Å². The summed E-state index contributed by atoms with van der Waals surface area (Å²) in [6, 6.07) is 18.9. The van der Waals surface area contributed by atoms with E-state index in [1.807, 2.05) is 18.2 Å². The molecule has 1 aliphatic carbocycles. The number of anilines is 3. The van der Waals surface area contributed by atoms with Gasteiger partial charge in [-0.1, -0.05) is 37.5 Å². The van der Waals surface area contributed by atoms with Crippen LogP contribution >= 0.6 is 0 Å². The summed E-state index contributed by atoms with van der Waals surface area (Å²) >= 11 is 0. The third kappa shape index (κ3) is 4.25. The van der Waals surface area contributed by atoms with Crippen LogP contribution in [0.2, 0.25) is 0 Å². The highest BCUT2D eigenvalue weighted by molar-refractivity contribution is 5.62. The largest absolute Gasteiger partial charge is 0.385 e. The van der Waals surface area contributed by atoms with Crippen LogP contribution in [0.1, 0.15) is 32.1 Å². The molecule has 1 saturated carbocycles.